The van der Waals surface area contributed by atoms with E-state index in [1.807, 2.05) is 18.2 Å². The number of benzene rings is 1. The zero-order valence-corrected chi connectivity index (χ0v) is 11.8. The highest BCUT2D eigenvalue weighted by Crippen LogP contribution is 2.29. The van der Waals surface area contributed by atoms with Crippen LogP contribution in [0.2, 0.25) is 5.15 Å². The smallest absolute Gasteiger partial charge is 0.223 e. The summed E-state index contributed by atoms with van der Waals surface area (Å²) >= 11 is 9.20. The van der Waals surface area contributed by atoms with Crippen LogP contribution in [0.25, 0.3) is 0 Å². The topological polar surface area (TPSA) is 73.1 Å². The van der Waals surface area contributed by atoms with Crippen molar-refractivity contribution >= 4 is 45.0 Å². The lowest BCUT2D eigenvalue weighted by Gasteiger charge is -2.09. The van der Waals surface area contributed by atoms with Gasteiger partial charge in [-0.2, -0.15) is 4.98 Å². The lowest BCUT2D eigenvalue weighted by molar-refractivity contribution is 0.412. The van der Waals surface area contributed by atoms with Gasteiger partial charge in [-0.3, -0.25) is 0 Å². The summed E-state index contributed by atoms with van der Waals surface area (Å²) in [4.78, 5) is 7.81. The van der Waals surface area contributed by atoms with Crippen molar-refractivity contribution in [3.63, 3.8) is 0 Å². The summed E-state index contributed by atoms with van der Waals surface area (Å²) in [6.07, 6.45) is 0. The third-order valence-electron chi connectivity index (χ3n) is 2.14. The Kier molecular flexibility index (Phi) is 3.88. The van der Waals surface area contributed by atoms with Crippen LogP contribution < -0.4 is 15.8 Å². The van der Waals surface area contributed by atoms with Gasteiger partial charge in [-0.05, 0) is 34.1 Å². The average Bonchev–Trinajstić information content (AvgIpc) is 2.27. The molecule has 0 fully saturated rings. The number of nitrogens with two attached hydrogens (primary N) is 1. The summed E-state index contributed by atoms with van der Waals surface area (Å²) in [5.41, 5.74) is 6.34. The second-order valence-electron chi connectivity index (χ2n) is 3.41. The van der Waals surface area contributed by atoms with E-state index in [0.29, 0.717) is 5.82 Å². The van der Waals surface area contributed by atoms with E-state index in [2.05, 4.69) is 31.2 Å². The van der Waals surface area contributed by atoms with Crippen LogP contribution in [0.5, 0.6) is 5.75 Å². The minimum Gasteiger partial charge on any atom is -0.496 e. The second kappa shape index (κ2) is 5.41. The number of hydrogen-bond acceptors (Lipinski definition) is 5. The van der Waals surface area contributed by atoms with Crippen molar-refractivity contribution < 1.29 is 4.74 Å². The Hall–Kier alpha value is -1.53. The number of halogens is 2. The van der Waals surface area contributed by atoms with Crippen molar-refractivity contribution in [1.29, 1.82) is 0 Å². The van der Waals surface area contributed by atoms with E-state index in [4.69, 9.17) is 22.1 Å². The Morgan fingerprint density at radius 3 is 2.72 bits per heavy atom. The van der Waals surface area contributed by atoms with Crippen molar-refractivity contribution in [3.8, 4) is 5.75 Å². The minimum absolute atomic E-state index is 0.123. The Bertz CT molecular complexity index is 559. The van der Waals surface area contributed by atoms with Gasteiger partial charge in [0.1, 0.15) is 16.7 Å². The molecule has 18 heavy (non-hydrogen) atoms. The summed E-state index contributed by atoms with van der Waals surface area (Å²) in [5, 5.41) is 3.37. The van der Waals surface area contributed by atoms with E-state index in [0.717, 1.165) is 15.9 Å². The summed E-state index contributed by atoms with van der Waals surface area (Å²) in [6, 6.07) is 7.15. The van der Waals surface area contributed by atoms with Gasteiger partial charge in [-0.25, -0.2) is 4.98 Å². The molecule has 0 unspecified atom stereocenters. The van der Waals surface area contributed by atoms with E-state index in [1.165, 1.54) is 0 Å². The number of hydrogen-bond donors (Lipinski definition) is 2. The molecule has 7 heteroatoms. The Morgan fingerprint density at radius 2 is 2.11 bits per heavy atom. The van der Waals surface area contributed by atoms with Gasteiger partial charge in [0.25, 0.3) is 0 Å². The SMILES string of the molecule is COc1ccc(Nc2cc(Cl)nc(N)n2)cc1Br. The first-order chi connectivity index (χ1) is 8.58. The van der Waals surface area contributed by atoms with Gasteiger partial charge >= 0.3 is 0 Å². The summed E-state index contributed by atoms with van der Waals surface area (Å²) in [6.45, 7) is 0. The normalized spacial score (nSPS) is 10.2. The largest absolute Gasteiger partial charge is 0.496 e. The molecule has 2 rings (SSSR count). The fraction of sp³-hybridized carbons (Fsp3) is 0.0909. The molecule has 0 aliphatic rings. The molecule has 0 aliphatic heterocycles. The molecule has 1 aromatic carbocycles. The fourth-order valence-electron chi connectivity index (χ4n) is 1.39. The molecule has 94 valence electrons. The van der Waals surface area contributed by atoms with Crippen LogP contribution in [0.15, 0.2) is 28.7 Å². The summed E-state index contributed by atoms with van der Waals surface area (Å²) < 4.78 is 5.98. The maximum absolute atomic E-state index is 5.79. The number of rotatable bonds is 3. The van der Waals surface area contributed by atoms with Gasteiger partial charge in [0.2, 0.25) is 5.95 Å². The number of anilines is 3. The van der Waals surface area contributed by atoms with Crippen LogP contribution in [0.4, 0.5) is 17.5 Å². The van der Waals surface area contributed by atoms with E-state index in [9.17, 15) is 0 Å². The molecule has 0 radical (unpaired) electrons. The Morgan fingerprint density at radius 1 is 1.33 bits per heavy atom. The average molecular weight is 330 g/mol. The molecule has 0 aliphatic carbocycles. The quantitative estimate of drug-likeness (QED) is 0.846. The highest BCUT2D eigenvalue weighted by molar-refractivity contribution is 9.10. The maximum atomic E-state index is 5.79. The van der Waals surface area contributed by atoms with E-state index < -0.39 is 0 Å². The van der Waals surface area contributed by atoms with Gasteiger partial charge in [-0.15, -0.1) is 0 Å². The Labute approximate surface area is 117 Å². The standard InChI is InChI=1S/C11H10BrClN4O/c1-18-8-3-2-6(4-7(8)12)15-10-5-9(13)16-11(14)17-10/h2-5H,1H3,(H3,14,15,16,17). The first-order valence-electron chi connectivity index (χ1n) is 4.99. The number of nitrogens with zero attached hydrogens (tertiary/aromatic N) is 2. The monoisotopic (exact) mass is 328 g/mol. The minimum atomic E-state index is 0.123. The van der Waals surface area contributed by atoms with Gasteiger partial charge < -0.3 is 15.8 Å². The van der Waals surface area contributed by atoms with E-state index in [1.54, 1.807) is 13.2 Å². The fourth-order valence-corrected chi connectivity index (χ4v) is 2.12. The molecule has 0 amide bonds. The van der Waals surface area contributed by atoms with Gasteiger partial charge in [0, 0.05) is 11.8 Å². The third kappa shape index (κ3) is 3.02. The lowest BCUT2D eigenvalue weighted by Crippen LogP contribution is -2.00. The van der Waals surface area contributed by atoms with Crippen molar-refractivity contribution in [2.45, 2.75) is 0 Å². The molecule has 0 bridgehead atoms. The number of nitrogens with one attached hydrogen (secondary N) is 1. The summed E-state index contributed by atoms with van der Waals surface area (Å²) in [7, 11) is 1.61. The molecule has 0 spiro atoms. The number of ether oxygens (including phenoxy) is 1. The Balaban J connectivity index is 2.25. The van der Waals surface area contributed by atoms with E-state index in [-0.39, 0.29) is 11.1 Å². The molecule has 1 heterocycles. The number of methoxy groups -OCH3 is 1. The van der Waals surface area contributed by atoms with Crippen molar-refractivity contribution in [1.82, 2.24) is 9.97 Å². The van der Waals surface area contributed by atoms with Crippen molar-refractivity contribution in [2.75, 3.05) is 18.2 Å². The summed E-state index contributed by atoms with van der Waals surface area (Å²) in [5.74, 6) is 1.41. The van der Waals surface area contributed by atoms with Crippen LogP contribution in [0, 0.1) is 0 Å². The maximum Gasteiger partial charge on any atom is 0.223 e. The predicted molar refractivity (Wildman–Crippen MR) is 75.4 cm³/mol. The predicted octanol–water partition coefficient (Wildman–Crippen LogP) is 3.23. The lowest BCUT2D eigenvalue weighted by atomic mass is 10.3. The highest BCUT2D eigenvalue weighted by Gasteiger charge is 2.04. The van der Waals surface area contributed by atoms with Crippen LogP contribution in [0.3, 0.4) is 0 Å². The van der Waals surface area contributed by atoms with Crippen molar-refractivity contribution in [2.24, 2.45) is 0 Å². The molecule has 0 saturated heterocycles. The molecular formula is C11H10BrClN4O. The highest BCUT2D eigenvalue weighted by atomic mass is 79.9. The van der Waals surface area contributed by atoms with Crippen LogP contribution in [0.1, 0.15) is 0 Å². The molecule has 3 N–H and O–H groups in total. The van der Waals surface area contributed by atoms with Gasteiger partial charge in [-0.1, -0.05) is 11.6 Å². The van der Waals surface area contributed by atoms with Crippen LogP contribution >= 0.6 is 27.5 Å². The molecule has 0 atom stereocenters. The molecular weight excluding hydrogens is 320 g/mol. The van der Waals surface area contributed by atoms with Gasteiger partial charge in [0.15, 0.2) is 0 Å². The number of nitrogen functional groups attached to an aromatic ring is 1. The second-order valence-corrected chi connectivity index (χ2v) is 4.65. The zero-order valence-electron chi connectivity index (χ0n) is 9.45. The van der Waals surface area contributed by atoms with Gasteiger partial charge in [0.05, 0.1) is 11.6 Å². The molecule has 1 aromatic heterocycles. The third-order valence-corrected chi connectivity index (χ3v) is 2.95. The van der Waals surface area contributed by atoms with E-state index >= 15 is 0 Å². The van der Waals surface area contributed by atoms with Crippen LogP contribution in [-0.4, -0.2) is 17.1 Å². The van der Waals surface area contributed by atoms with Crippen LogP contribution in [-0.2, 0) is 0 Å². The zero-order chi connectivity index (χ0) is 13.1. The first kappa shape index (κ1) is 12.9. The van der Waals surface area contributed by atoms with Crippen molar-refractivity contribution in [3.05, 3.63) is 33.9 Å². The molecule has 5 nitrogen and oxygen atoms in total. The first-order valence-corrected chi connectivity index (χ1v) is 6.16. The number of aromatic nitrogens is 2. The molecule has 2 aromatic rings. The molecule has 0 saturated carbocycles.